The Kier molecular flexibility index (Phi) is 7.39. The normalized spacial score (nSPS) is 16.8. The Bertz CT molecular complexity index is 1230. The van der Waals surface area contributed by atoms with Crippen LogP contribution in [-0.4, -0.2) is 59.1 Å². The third-order valence-corrected chi connectivity index (χ3v) is 5.99. The number of carbonyl (C=O) groups is 4. The average Bonchev–Trinajstić information content (AvgIpc) is 3.49. The van der Waals surface area contributed by atoms with Gasteiger partial charge in [0, 0.05) is 25.1 Å². The Morgan fingerprint density at radius 3 is 2.69 bits per heavy atom. The van der Waals surface area contributed by atoms with Gasteiger partial charge < -0.3 is 29.9 Å². The van der Waals surface area contributed by atoms with E-state index < -0.39 is 23.9 Å². The number of pyridine rings is 1. The number of hydrogen-bond donors (Lipinski definition) is 3. The second kappa shape index (κ2) is 10.8. The minimum Gasteiger partial charge on any atom is -0.495 e. The van der Waals surface area contributed by atoms with E-state index >= 15 is 0 Å². The first-order valence-corrected chi connectivity index (χ1v) is 11.4. The summed E-state index contributed by atoms with van der Waals surface area (Å²) in [5.74, 6) is -0.880. The molecule has 3 amide bonds. The van der Waals surface area contributed by atoms with Gasteiger partial charge in [0.15, 0.2) is 0 Å². The summed E-state index contributed by atoms with van der Waals surface area (Å²) in [6, 6.07) is 10.9. The molecular formula is C25H27N5O5. The molecule has 0 radical (unpaired) electrons. The second-order valence-corrected chi connectivity index (χ2v) is 8.44. The number of ether oxygens (including phenoxy) is 1. The number of hydrogen-bond acceptors (Lipinski definition) is 6. The molecule has 1 fully saturated rings. The summed E-state index contributed by atoms with van der Waals surface area (Å²) in [4.78, 5) is 54.1. The van der Waals surface area contributed by atoms with Crippen molar-refractivity contribution in [1.82, 2.24) is 25.3 Å². The van der Waals surface area contributed by atoms with Crippen molar-refractivity contribution in [3.8, 4) is 5.75 Å². The molecule has 35 heavy (non-hydrogen) atoms. The first-order valence-electron chi connectivity index (χ1n) is 11.4. The monoisotopic (exact) mass is 477 g/mol. The number of nitrogens with zero attached hydrogens (tertiary/aromatic N) is 2. The molecule has 1 saturated heterocycles. The minimum atomic E-state index is -0.955. The zero-order valence-electron chi connectivity index (χ0n) is 19.3. The van der Waals surface area contributed by atoms with Crippen LogP contribution >= 0.6 is 0 Å². The number of aromatic nitrogens is 2. The first-order chi connectivity index (χ1) is 17.0. The molecule has 0 spiro atoms. The first kappa shape index (κ1) is 23.9. The smallest absolute Gasteiger partial charge is 0.272 e. The number of nitrogens with one attached hydrogen (secondary N) is 3. The molecule has 3 N–H and O–H groups in total. The highest BCUT2D eigenvalue weighted by atomic mass is 16.5. The molecule has 10 nitrogen and oxygen atoms in total. The van der Waals surface area contributed by atoms with Crippen molar-refractivity contribution in [2.24, 2.45) is 5.92 Å². The predicted octanol–water partition coefficient (Wildman–Crippen LogP) is 0.894. The molecule has 0 unspecified atom stereocenters. The van der Waals surface area contributed by atoms with Crippen LogP contribution in [0.4, 0.5) is 0 Å². The van der Waals surface area contributed by atoms with Crippen molar-refractivity contribution >= 4 is 29.7 Å². The Morgan fingerprint density at radius 2 is 2.00 bits per heavy atom. The highest BCUT2D eigenvalue weighted by Gasteiger charge is 2.30. The number of fused-ring (bicyclic) bond motifs is 1. The van der Waals surface area contributed by atoms with Gasteiger partial charge in [0.25, 0.3) is 5.91 Å². The lowest BCUT2D eigenvalue weighted by Crippen LogP contribution is -2.51. The summed E-state index contributed by atoms with van der Waals surface area (Å²) >= 11 is 0. The van der Waals surface area contributed by atoms with Gasteiger partial charge in [-0.1, -0.05) is 30.3 Å². The third kappa shape index (κ3) is 5.84. The molecule has 3 atom stereocenters. The van der Waals surface area contributed by atoms with Crippen molar-refractivity contribution in [2.75, 3.05) is 13.7 Å². The van der Waals surface area contributed by atoms with Gasteiger partial charge in [0.1, 0.15) is 29.4 Å². The van der Waals surface area contributed by atoms with Crippen LogP contribution in [0.5, 0.6) is 5.75 Å². The number of imidazole rings is 1. The van der Waals surface area contributed by atoms with Crippen LogP contribution in [0.15, 0.2) is 54.9 Å². The van der Waals surface area contributed by atoms with E-state index in [1.165, 1.54) is 0 Å². The number of rotatable bonds is 10. The zero-order valence-corrected chi connectivity index (χ0v) is 19.3. The number of amides is 3. The molecule has 0 aliphatic carbocycles. The molecule has 1 aromatic carbocycles. The molecule has 0 saturated carbocycles. The molecule has 1 aliphatic rings. The lowest BCUT2D eigenvalue weighted by molar-refractivity contribution is -0.127. The highest BCUT2D eigenvalue weighted by Crippen LogP contribution is 2.16. The average molecular weight is 478 g/mol. The predicted molar refractivity (Wildman–Crippen MR) is 127 cm³/mol. The van der Waals surface area contributed by atoms with Crippen molar-refractivity contribution in [1.29, 1.82) is 0 Å². The zero-order chi connectivity index (χ0) is 24.8. The van der Waals surface area contributed by atoms with E-state index in [1.807, 2.05) is 30.3 Å². The van der Waals surface area contributed by atoms with Crippen molar-refractivity contribution in [3.63, 3.8) is 0 Å². The number of carbonyl (C=O) groups excluding carboxylic acids is 4. The van der Waals surface area contributed by atoms with Crippen molar-refractivity contribution < 1.29 is 23.9 Å². The molecule has 10 heteroatoms. The molecule has 182 valence electrons. The fraction of sp³-hybridized carbons (Fsp3) is 0.320. The van der Waals surface area contributed by atoms with E-state index in [1.54, 1.807) is 36.0 Å². The van der Waals surface area contributed by atoms with Gasteiger partial charge in [-0.05, 0) is 30.5 Å². The Balaban J connectivity index is 1.50. The van der Waals surface area contributed by atoms with E-state index in [-0.39, 0.29) is 30.4 Å². The van der Waals surface area contributed by atoms with E-state index in [0.717, 1.165) is 5.56 Å². The highest BCUT2D eigenvalue weighted by molar-refractivity contribution is 5.97. The summed E-state index contributed by atoms with van der Waals surface area (Å²) in [7, 11) is 1.55. The Labute approximate surface area is 202 Å². The van der Waals surface area contributed by atoms with Gasteiger partial charge in [-0.25, -0.2) is 4.98 Å². The van der Waals surface area contributed by atoms with Gasteiger partial charge in [0.2, 0.25) is 11.8 Å². The summed E-state index contributed by atoms with van der Waals surface area (Å²) < 4.78 is 6.86. The molecule has 3 heterocycles. The number of methoxy groups -OCH3 is 1. The molecule has 1 aliphatic heterocycles. The SMILES string of the molecule is COc1ccc2nc(C(=O)N[C@@H](Cc3ccccc3)C(=O)N[C@H](C=O)C[C@@H]3CCNC3=O)cn2c1. The van der Waals surface area contributed by atoms with Crippen LogP contribution in [0.3, 0.4) is 0 Å². The van der Waals surface area contributed by atoms with E-state index in [0.29, 0.717) is 30.6 Å². The number of benzene rings is 1. The maximum Gasteiger partial charge on any atom is 0.272 e. The van der Waals surface area contributed by atoms with Gasteiger partial charge in [-0.3, -0.25) is 14.4 Å². The van der Waals surface area contributed by atoms with Crippen LogP contribution in [0.2, 0.25) is 0 Å². The van der Waals surface area contributed by atoms with E-state index in [9.17, 15) is 19.2 Å². The number of aldehydes is 1. The Morgan fingerprint density at radius 1 is 1.20 bits per heavy atom. The van der Waals surface area contributed by atoms with Crippen LogP contribution in [0, 0.1) is 5.92 Å². The van der Waals surface area contributed by atoms with Gasteiger partial charge in [-0.2, -0.15) is 0 Å². The van der Waals surface area contributed by atoms with Gasteiger partial charge in [0.05, 0.1) is 19.3 Å². The summed E-state index contributed by atoms with van der Waals surface area (Å²) in [5, 5.41) is 8.17. The topological polar surface area (TPSA) is 131 Å². The standard InChI is InChI=1S/C25H27N5O5/c1-35-19-7-8-22-28-21(14-30(22)13-19)25(34)29-20(11-16-5-3-2-4-6-16)24(33)27-18(15-31)12-17-9-10-26-23(17)32/h2-8,13-15,17-18,20H,9-12H2,1H3,(H,26,32)(H,27,33)(H,29,34)/t17-,18-,20-/m0/s1. The van der Waals surface area contributed by atoms with Gasteiger partial charge >= 0.3 is 0 Å². The summed E-state index contributed by atoms with van der Waals surface area (Å²) in [5.41, 5.74) is 1.53. The third-order valence-electron chi connectivity index (χ3n) is 5.99. The van der Waals surface area contributed by atoms with Crippen LogP contribution in [0.1, 0.15) is 28.9 Å². The molecule has 2 aromatic heterocycles. The summed E-state index contributed by atoms with van der Waals surface area (Å²) in [6.45, 7) is 0.556. The fourth-order valence-corrected chi connectivity index (χ4v) is 4.10. The lowest BCUT2D eigenvalue weighted by atomic mass is 9.98. The minimum absolute atomic E-state index is 0.122. The Hall–Kier alpha value is -4.21. The fourth-order valence-electron chi connectivity index (χ4n) is 4.10. The molecular weight excluding hydrogens is 450 g/mol. The van der Waals surface area contributed by atoms with E-state index in [2.05, 4.69) is 20.9 Å². The maximum atomic E-state index is 13.2. The van der Waals surface area contributed by atoms with Crippen LogP contribution < -0.4 is 20.7 Å². The van der Waals surface area contributed by atoms with Crippen molar-refractivity contribution in [3.05, 3.63) is 66.1 Å². The van der Waals surface area contributed by atoms with Crippen LogP contribution in [0.25, 0.3) is 5.65 Å². The second-order valence-electron chi connectivity index (χ2n) is 8.44. The quantitative estimate of drug-likeness (QED) is 0.372. The van der Waals surface area contributed by atoms with Gasteiger partial charge in [-0.15, -0.1) is 0 Å². The van der Waals surface area contributed by atoms with Crippen molar-refractivity contribution in [2.45, 2.75) is 31.3 Å². The summed E-state index contributed by atoms with van der Waals surface area (Å²) in [6.07, 6.45) is 4.91. The lowest BCUT2D eigenvalue weighted by Gasteiger charge is -2.21. The van der Waals surface area contributed by atoms with E-state index in [4.69, 9.17) is 4.74 Å². The molecule has 3 aromatic rings. The largest absolute Gasteiger partial charge is 0.495 e. The van der Waals surface area contributed by atoms with Crippen LogP contribution in [-0.2, 0) is 20.8 Å². The molecule has 4 rings (SSSR count). The molecule has 0 bridgehead atoms. The maximum absolute atomic E-state index is 13.2.